The highest BCUT2D eigenvalue weighted by molar-refractivity contribution is 7.47. The zero-order chi connectivity index (χ0) is 66.1. The fraction of sp³-hybridized carbons (Fsp3) is 0.943. The lowest BCUT2D eigenvalue weighted by Crippen LogP contribution is -2.30. The summed E-state index contributed by atoms with van der Waals surface area (Å²) in [6.45, 7) is 14.0. The predicted octanol–water partition coefficient (Wildman–Crippen LogP) is 19.7. The number of ether oxygens (including phenoxy) is 4. The van der Waals surface area contributed by atoms with Crippen LogP contribution < -0.4 is 0 Å². The van der Waals surface area contributed by atoms with Crippen molar-refractivity contribution >= 4 is 39.5 Å². The third-order valence-corrected chi connectivity index (χ3v) is 18.0. The molecule has 17 nitrogen and oxygen atoms in total. The number of hydrogen-bond donors (Lipinski definition) is 3. The number of hydrogen-bond acceptors (Lipinski definition) is 15. The summed E-state index contributed by atoms with van der Waals surface area (Å²) < 4.78 is 68.2. The van der Waals surface area contributed by atoms with Crippen LogP contribution in [0, 0.1) is 23.7 Å². The van der Waals surface area contributed by atoms with Gasteiger partial charge in [-0.25, -0.2) is 9.13 Å². The van der Waals surface area contributed by atoms with Crippen molar-refractivity contribution in [2.45, 2.75) is 363 Å². The molecule has 0 saturated carbocycles. The van der Waals surface area contributed by atoms with E-state index in [4.69, 9.17) is 37.0 Å². The van der Waals surface area contributed by atoms with Crippen LogP contribution >= 0.6 is 15.6 Å². The molecular formula is C70H136O17P2. The van der Waals surface area contributed by atoms with Gasteiger partial charge in [0.1, 0.15) is 19.3 Å². The molecule has 89 heavy (non-hydrogen) atoms. The van der Waals surface area contributed by atoms with Gasteiger partial charge in [0.25, 0.3) is 0 Å². The maximum Gasteiger partial charge on any atom is 0.472 e. The maximum absolute atomic E-state index is 13.0. The largest absolute Gasteiger partial charge is 0.472 e. The van der Waals surface area contributed by atoms with Crippen molar-refractivity contribution in [3.05, 3.63) is 0 Å². The smallest absolute Gasteiger partial charge is 0.462 e. The van der Waals surface area contributed by atoms with Gasteiger partial charge in [-0.3, -0.25) is 37.3 Å². The molecule has 0 aromatic heterocycles. The molecule has 0 bridgehead atoms. The molecule has 0 saturated heterocycles. The Hall–Kier alpha value is -1.94. The summed E-state index contributed by atoms with van der Waals surface area (Å²) in [6, 6.07) is 0. The van der Waals surface area contributed by atoms with E-state index in [0.29, 0.717) is 31.6 Å². The van der Waals surface area contributed by atoms with Gasteiger partial charge in [0.05, 0.1) is 26.4 Å². The highest BCUT2D eigenvalue weighted by atomic mass is 31.2. The van der Waals surface area contributed by atoms with Crippen LogP contribution in [0.1, 0.15) is 344 Å². The molecule has 0 fully saturated rings. The Kier molecular flexibility index (Phi) is 58.5. The van der Waals surface area contributed by atoms with E-state index in [-0.39, 0.29) is 25.7 Å². The zero-order valence-electron chi connectivity index (χ0n) is 58.1. The van der Waals surface area contributed by atoms with Crippen molar-refractivity contribution in [2.24, 2.45) is 23.7 Å². The van der Waals surface area contributed by atoms with Gasteiger partial charge in [-0.15, -0.1) is 0 Å². The monoisotopic (exact) mass is 1310 g/mol. The van der Waals surface area contributed by atoms with Crippen LogP contribution in [-0.2, 0) is 65.4 Å². The van der Waals surface area contributed by atoms with Crippen molar-refractivity contribution in [1.82, 2.24) is 0 Å². The lowest BCUT2D eigenvalue weighted by molar-refractivity contribution is -0.161. The molecule has 3 N–H and O–H groups in total. The molecule has 0 radical (unpaired) electrons. The normalized spacial score (nSPS) is 14.3. The third kappa shape index (κ3) is 64.6. The van der Waals surface area contributed by atoms with Gasteiger partial charge in [0.2, 0.25) is 0 Å². The standard InChI is InChI=1S/C70H136O17P2/c1-60(2)46-38-30-22-16-12-9-10-14-19-26-36-44-52-69(74)86-65(56-80-67(72)50-42-34-25-18-15-11-13-17-23-31-39-47-61(3)4)58-84-88(76,77)82-54-64(71)55-83-89(78,79)85-59-66(57-81-68(73)51-43-35-29-28-33-41-49-63(7)8)87-70(75)53-45-37-27-21-20-24-32-40-48-62(5)6/h60-66,71H,9-59H2,1-8H3,(H,76,77)(H,78,79)/t64-,65-,66-/m1/s1. The van der Waals surface area contributed by atoms with Crippen molar-refractivity contribution in [1.29, 1.82) is 0 Å². The number of phosphoric ester groups is 2. The van der Waals surface area contributed by atoms with Gasteiger partial charge in [-0.1, -0.05) is 293 Å². The molecule has 0 aliphatic carbocycles. The molecule has 0 aliphatic heterocycles. The Bertz CT molecular complexity index is 1760. The quantitative estimate of drug-likeness (QED) is 0.0222. The molecule has 0 spiro atoms. The average molecular weight is 1310 g/mol. The predicted molar refractivity (Wildman–Crippen MR) is 358 cm³/mol. The van der Waals surface area contributed by atoms with E-state index in [1.165, 1.54) is 141 Å². The zero-order valence-corrected chi connectivity index (χ0v) is 59.8. The highest BCUT2D eigenvalue weighted by Crippen LogP contribution is 2.45. The number of unbranched alkanes of at least 4 members (excludes halogenated alkanes) is 33. The van der Waals surface area contributed by atoms with Crippen LogP contribution in [0.3, 0.4) is 0 Å². The minimum Gasteiger partial charge on any atom is -0.462 e. The Morgan fingerprint density at radius 2 is 0.472 bits per heavy atom. The average Bonchev–Trinajstić information content (AvgIpc) is 3.64. The first kappa shape index (κ1) is 87.1. The van der Waals surface area contributed by atoms with E-state index in [9.17, 15) is 43.2 Å². The lowest BCUT2D eigenvalue weighted by atomic mass is 10.0. The molecule has 0 heterocycles. The first-order valence-corrected chi connectivity index (χ1v) is 39.2. The van der Waals surface area contributed by atoms with Crippen LogP contribution in [0.2, 0.25) is 0 Å². The molecule has 0 aromatic carbocycles. The summed E-state index contributed by atoms with van der Waals surface area (Å²) in [5.41, 5.74) is 0. The van der Waals surface area contributed by atoms with E-state index < -0.39 is 97.5 Å². The van der Waals surface area contributed by atoms with E-state index in [1.54, 1.807) is 0 Å². The number of aliphatic hydroxyl groups is 1. The summed E-state index contributed by atoms with van der Waals surface area (Å²) in [4.78, 5) is 72.5. The number of carbonyl (C=O) groups is 4. The van der Waals surface area contributed by atoms with E-state index in [2.05, 4.69) is 55.4 Å². The second-order valence-corrected chi connectivity index (χ2v) is 30.1. The Morgan fingerprint density at radius 1 is 0.281 bits per heavy atom. The molecule has 2 unspecified atom stereocenters. The molecule has 0 amide bonds. The van der Waals surface area contributed by atoms with E-state index >= 15 is 0 Å². The minimum absolute atomic E-state index is 0.103. The maximum atomic E-state index is 13.0. The minimum atomic E-state index is -4.95. The van der Waals surface area contributed by atoms with Gasteiger partial charge in [-0.2, -0.15) is 0 Å². The number of esters is 4. The van der Waals surface area contributed by atoms with Crippen molar-refractivity contribution in [3.63, 3.8) is 0 Å². The van der Waals surface area contributed by atoms with Crippen molar-refractivity contribution in [2.75, 3.05) is 39.6 Å². The fourth-order valence-electron chi connectivity index (χ4n) is 10.5. The number of aliphatic hydroxyl groups excluding tert-OH is 1. The summed E-state index contributed by atoms with van der Waals surface area (Å²) in [7, 11) is -9.90. The Balaban J connectivity index is 5.25. The van der Waals surface area contributed by atoms with E-state index in [0.717, 1.165) is 114 Å². The Labute approximate surface area is 543 Å². The number of phosphoric acid groups is 2. The molecule has 19 heteroatoms. The van der Waals surface area contributed by atoms with Gasteiger partial charge in [0.15, 0.2) is 12.2 Å². The second-order valence-electron chi connectivity index (χ2n) is 27.2. The molecular weight excluding hydrogens is 1170 g/mol. The second kappa shape index (κ2) is 59.8. The summed E-state index contributed by atoms with van der Waals surface area (Å²) >= 11 is 0. The summed E-state index contributed by atoms with van der Waals surface area (Å²) in [5, 5.41) is 10.6. The van der Waals surface area contributed by atoms with Crippen molar-refractivity contribution in [3.8, 4) is 0 Å². The molecule has 528 valence electrons. The third-order valence-electron chi connectivity index (χ3n) is 16.1. The van der Waals surface area contributed by atoms with Gasteiger partial charge < -0.3 is 33.8 Å². The first-order chi connectivity index (χ1) is 42.6. The van der Waals surface area contributed by atoms with Crippen LogP contribution in [0.25, 0.3) is 0 Å². The molecule has 0 rings (SSSR count). The number of carbonyl (C=O) groups excluding carboxylic acids is 4. The van der Waals surface area contributed by atoms with Gasteiger partial charge >= 0.3 is 39.5 Å². The number of rotatable bonds is 67. The molecule has 0 aliphatic rings. The first-order valence-electron chi connectivity index (χ1n) is 36.2. The van der Waals surface area contributed by atoms with Crippen molar-refractivity contribution < 1.29 is 80.2 Å². The highest BCUT2D eigenvalue weighted by Gasteiger charge is 2.30. The van der Waals surface area contributed by atoms with E-state index in [1.807, 2.05) is 0 Å². The van der Waals surface area contributed by atoms with Gasteiger partial charge in [-0.05, 0) is 49.4 Å². The molecule has 0 aromatic rings. The topological polar surface area (TPSA) is 237 Å². The fourth-order valence-corrected chi connectivity index (χ4v) is 12.1. The van der Waals surface area contributed by atoms with Crippen LogP contribution in [-0.4, -0.2) is 96.7 Å². The van der Waals surface area contributed by atoms with Gasteiger partial charge in [0, 0.05) is 25.7 Å². The SMILES string of the molecule is CC(C)CCCCCCCCCCCCCCC(=O)O[C@H](COC(=O)CCCCCCCCCCCCCC(C)C)COP(=O)(O)OC[C@@H](O)COP(=O)(O)OC[C@@H](COC(=O)CCCCCCCCC(C)C)OC(=O)CCCCCCCCCCC(C)C. The Morgan fingerprint density at radius 3 is 0.697 bits per heavy atom. The lowest BCUT2D eigenvalue weighted by Gasteiger charge is -2.21. The van der Waals surface area contributed by atoms with Crippen LogP contribution in [0.4, 0.5) is 0 Å². The van der Waals surface area contributed by atoms with Crippen LogP contribution in [0.5, 0.6) is 0 Å². The summed E-state index contributed by atoms with van der Waals surface area (Å²) in [5.74, 6) is 0.814. The molecule has 5 atom stereocenters. The van der Waals surface area contributed by atoms with Crippen LogP contribution in [0.15, 0.2) is 0 Å². The summed E-state index contributed by atoms with van der Waals surface area (Å²) in [6.07, 6.45) is 41.8.